The Morgan fingerprint density at radius 2 is 1.82 bits per heavy atom. The van der Waals surface area contributed by atoms with Crippen LogP contribution in [0.4, 0.5) is 0 Å². The third kappa shape index (κ3) is 3.12. The second-order valence-electron chi connectivity index (χ2n) is 5.26. The van der Waals surface area contributed by atoms with Gasteiger partial charge in [-0.3, -0.25) is 0 Å². The predicted molar refractivity (Wildman–Crippen MR) is 87.1 cm³/mol. The molecule has 0 aliphatic heterocycles. The number of aryl methyl sites for hydroxylation is 1. The molecule has 0 spiro atoms. The summed E-state index contributed by atoms with van der Waals surface area (Å²) in [5.74, 6) is 1.76. The van der Waals surface area contributed by atoms with Gasteiger partial charge in [0.05, 0.1) is 17.6 Å². The van der Waals surface area contributed by atoms with Crippen LogP contribution in [-0.2, 0) is 13.0 Å². The fourth-order valence-corrected chi connectivity index (χ4v) is 2.57. The molecule has 0 radical (unpaired) electrons. The molecular weight excluding hydrogens is 276 g/mol. The Morgan fingerprint density at radius 1 is 1.09 bits per heavy atom. The molecule has 22 heavy (non-hydrogen) atoms. The van der Waals surface area contributed by atoms with Crippen molar-refractivity contribution in [3.05, 3.63) is 60.4 Å². The summed E-state index contributed by atoms with van der Waals surface area (Å²) in [5, 5.41) is 10.3. The van der Waals surface area contributed by atoms with Gasteiger partial charge in [-0.15, -0.1) is 0 Å². The van der Waals surface area contributed by atoms with Crippen LogP contribution >= 0.6 is 0 Å². The number of aliphatic hydroxyl groups is 1. The minimum atomic E-state index is -0.580. The topological polar surface area (TPSA) is 47.3 Å². The van der Waals surface area contributed by atoms with Crippen LogP contribution < -0.4 is 4.74 Å². The number of ether oxygens (including phenoxy) is 1. The molecule has 4 nitrogen and oxygen atoms in total. The number of aromatic nitrogens is 2. The van der Waals surface area contributed by atoms with Crippen LogP contribution in [0.3, 0.4) is 0 Å². The van der Waals surface area contributed by atoms with E-state index in [9.17, 15) is 5.11 Å². The van der Waals surface area contributed by atoms with Gasteiger partial charge in [-0.2, -0.15) is 0 Å². The molecule has 1 atom stereocenters. The molecule has 3 aromatic rings. The van der Waals surface area contributed by atoms with Crippen molar-refractivity contribution >= 4 is 11.0 Å². The maximum atomic E-state index is 10.3. The van der Waals surface area contributed by atoms with Gasteiger partial charge >= 0.3 is 0 Å². The van der Waals surface area contributed by atoms with Crippen molar-refractivity contribution in [2.75, 3.05) is 6.61 Å². The lowest BCUT2D eigenvalue weighted by Crippen LogP contribution is -2.24. The van der Waals surface area contributed by atoms with Gasteiger partial charge in [0, 0.05) is 6.42 Å². The summed E-state index contributed by atoms with van der Waals surface area (Å²) < 4.78 is 7.70. The van der Waals surface area contributed by atoms with E-state index in [0.717, 1.165) is 29.0 Å². The van der Waals surface area contributed by atoms with Crippen molar-refractivity contribution < 1.29 is 9.84 Å². The molecule has 114 valence electrons. The van der Waals surface area contributed by atoms with Crippen LogP contribution in [0.15, 0.2) is 54.6 Å². The number of fused-ring (bicyclic) bond motifs is 1. The molecule has 1 N–H and O–H groups in total. The molecule has 0 bridgehead atoms. The summed E-state index contributed by atoms with van der Waals surface area (Å²) in [7, 11) is 0. The van der Waals surface area contributed by atoms with Crippen LogP contribution in [0, 0.1) is 0 Å². The fourth-order valence-electron chi connectivity index (χ4n) is 2.57. The average Bonchev–Trinajstić information content (AvgIpc) is 2.92. The van der Waals surface area contributed by atoms with E-state index in [0.29, 0.717) is 6.54 Å². The number of rotatable bonds is 6. The Balaban J connectivity index is 1.72. The zero-order valence-electron chi connectivity index (χ0n) is 12.6. The first kappa shape index (κ1) is 14.6. The maximum absolute atomic E-state index is 10.3. The first-order chi connectivity index (χ1) is 10.8. The highest BCUT2D eigenvalue weighted by molar-refractivity contribution is 5.75. The van der Waals surface area contributed by atoms with Crippen molar-refractivity contribution in [3.8, 4) is 5.75 Å². The highest BCUT2D eigenvalue weighted by Gasteiger charge is 2.13. The highest BCUT2D eigenvalue weighted by Crippen LogP contribution is 2.17. The van der Waals surface area contributed by atoms with Gasteiger partial charge in [0.15, 0.2) is 0 Å². The van der Waals surface area contributed by atoms with Crippen LogP contribution in [0.25, 0.3) is 11.0 Å². The largest absolute Gasteiger partial charge is 0.491 e. The highest BCUT2D eigenvalue weighted by atomic mass is 16.5. The maximum Gasteiger partial charge on any atom is 0.119 e. The molecule has 1 aromatic heterocycles. The Labute approximate surface area is 130 Å². The van der Waals surface area contributed by atoms with Crippen molar-refractivity contribution in [2.45, 2.75) is 26.0 Å². The van der Waals surface area contributed by atoms with Crippen LogP contribution in [-0.4, -0.2) is 27.4 Å². The van der Waals surface area contributed by atoms with Gasteiger partial charge in [0.2, 0.25) is 0 Å². The molecule has 0 fully saturated rings. The first-order valence-electron chi connectivity index (χ1n) is 7.58. The normalized spacial score (nSPS) is 12.5. The Bertz CT molecular complexity index is 737. The first-order valence-corrected chi connectivity index (χ1v) is 7.58. The second kappa shape index (κ2) is 6.62. The van der Waals surface area contributed by atoms with Crippen molar-refractivity contribution in [1.29, 1.82) is 0 Å². The predicted octanol–water partition coefficient (Wildman–Crippen LogP) is 3.04. The SMILES string of the molecule is CCc1nc2ccccc2n1C[C@@H](O)COc1ccccc1. The van der Waals surface area contributed by atoms with Gasteiger partial charge in [-0.1, -0.05) is 37.3 Å². The van der Waals surface area contributed by atoms with Gasteiger partial charge in [0.1, 0.15) is 24.3 Å². The average molecular weight is 296 g/mol. The summed E-state index contributed by atoms with van der Waals surface area (Å²) >= 11 is 0. The molecule has 4 heteroatoms. The van der Waals surface area contributed by atoms with Gasteiger partial charge in [0.25, 0.3) is 0 Å². The van der Waals surface area contributed by atoms with Crippen LogP contribution in [0.5, 0.6) is 5.75 Å². The molecule has 0 aliphatic carbocycles. The van der Waals surface area contributed by atoms with Gasteiger partial charge < -0.3 is 14.4 Å². The molecule has 1 heterocycles. The lowest BCUT2D eigenvalue weighted by molar-refractivity contribution is 0.0927. The summed E-state index contributed by atoms with van der Waals surface area (Å²) in [4.78, 5) is 4.61. The summed E-state index contributed by atoms with van der Waals surface area (Å²) in [5.41, 5.74) is 2.02. The van der Waals surface area contributed by atoms with Crippen LogP contribution in [0.1, 0.15) is 12.7 Å². The van der Waals surface area contributed by atoms with E-state index in [1.807, 2.05) is 54.6 Å². The Kier molecular flexibility index (Phi) is 4.39. The zero-order chi connectivity index (χ0) is 15.4. The van der Waals surface area contributed by atoms with E-state index in [-0.39, 0.29) is 6.61 Å². The lowest BCUT2D eigenvalue weighted by Gasteiger charge is -2.15. The molecule has 2 aromatic carbocycles. The second-order valence-corrected chi connectivity index (χ2v) is 5.26. The van der Waals surface area contributed by atoms with Crippen molar-refractivity contribution in [1.82, 2.24) is 9.55 Å². The van der Waals surface area contributed by atoms with E-state index >= 15 is 0 Å². The Morgan fingerprint density at radius 3 is 2.59 bits per heavy atom. The van der Waals surface area contributed by atoms with E-state index in [2.05, 4.69) is 16.5 Å². The van der Waals surface area contributed by atoms with Crippen LogP contribution in [0.2, 0.25) is 0 Å². The fraction of sp³-hybridized carbons (Fsp3) is 0.278. The van der Waals surface area contributed by atoms with Crippen molar-refractivity contribution in [2.24, 2.45) is 0 Å². The monoisotopic (exact) mass is 296 g/mol. The van der Waals surface area contributed by atoms with E-state index < -0.39 is 6.10 Å². The third-order valence-electron chi connectivity index (χ3n) is 3.63. The van der Waals surface area contributed by atoms with Crippen molar-refractivity contribution in [3.63, 3.8) is 0 Å². The number of para-hydroxylation sites is 3. The minimum absolute atomic E-state index is 0.264. The molecule has 0 aliphatic rings. The number of aliphatic hydroxyl groups excluding tert-OH is 1. The summed E-state index contributed by atoms with van der Waals surface area (Å²) in [6.07, 6.45) is 0.254. The standard InChI is InChI=1S/C18H20N2O2/c1-2-18-19-16-10-6-7-11-17(16)20(18)12-14(21)13-22-15-8-4-3-5-9-15/h3-11,14,21H,2,12-13H2,1H3/t14-/m1/s1. The molecular formula is C18H20N2O2. The number of nitrogens with zero attached hydrogens (tertiary/aromatic N) is 2. The molecule has 0 amide bonds. The van der Waals surface area contributed by atoms with E-state index in [4.69, 9.17) is 4.74 Å². The number of benzene rings is 2. The summed E-state index contributed by atoms with van der Waals surface area (Å²) in [6, 6.07) is 17.5. The lowest BCUT2D eigenvalue weighted by atomic mass is 10.3. The molecule has 0 saturated heterocycles. The molecule has 3 rings (SSSR count). The molecule has 0 saturated carbocycles. The quantitative estimate of drug-likeness (QED) is 0.760. The van der Waals surface area contributed by atoms with E-state index in [1.54, 1.807) is 0 Å². The number of hydrogen-bond acceptors (Lipinski definition) is 3. The smallest absolute Gasteiger partial charge is 0.119 e. The van der Waals surface area contributed by atoms with Gasteiger partial charge in [-0.25, -0.2) is 4.98 Å². The van der Waals surface area contributed by atoms with E-state index in [1.165, 1.54) is 0 Å². The number of hydrogen-bond donors (Lipinski definition) is 1. The third-order valence-corrected chi connectivity index (χ3v) is 3.63. The molecule has 0 unspecified atom stereocenters. The van der Waals surface area contributed by atoms with Gasteiger partial charge in [-0.05, 0) is 24.3 Å². The summed E-state index contributed by atoms with van der Waals surface area (Å²) in [6.45, 7) is 2.82. The zero-order valence-corrected chi connectivity index (χ0v) is 12.6. The number of imidazole rings is 1. The minimum Gasteiger partial charge on any atom is -0.491 e. The Hall–Kier alpha value is -2.33.